The van der Waals surface area contributed by atoms with Gasteiger partial charge in [0.2, 0.25) is 17.6 Å². The van der Waals surface area contributed by atoms with Gasteiger partial charge in [0.05, 0.1) is 0 Å². The van der Waals surface area contributed by atoms with Crippen molar-refractivity contribution in [3.05, 3.63) is 12.2 Å². The van der Waals surface area contributed by atoms with Crippen LogP contribution in [-0.4, -0.2) is 31.2 Å². The predicted octanol–water partition coefficient (Wildman–Crippen LogP) is 2.49. The number of hydrogen-bond donors (Lipinski definition) is 2. The van der Waals surface area contributed by atoms with Crippen LogP contribution >= 0.6 is 0 Å². The van der Waals surface area contributed by atoms with Crippen LogP contribution in [0.3, 0.4) is 0 Å². The summed E-state index contributed by atoms with van der Waals surface area (Å²) in [6.45, 7) is 8.17. The van der Waals surface area contributed by atoms with Gasteiger partial charge in [-0.05, 0) is 18.8 Å². The van der Waals surface area contributed by atoms with E-state index in [-0.39, 0.29) is 17.9 Å². The van der Waals surface area contributed by atoms with E-state index in [1.807, 2.05) is 6.92 Å². The number of hydrogen-bond acceptors (Lipinski definition) is 6. The van der Waals surface area contributed by atoms with E-state index in [0.717, 1.165) is 19.3 Å². The van der Waals surface area contributed by atoms with E-state index in [9.17, 15) is 4.79 Å². The molecule has 0 aliphatic rings. The minimum atomic E-state index is -0.300. The predicted molar refractivity (Wildman–Crippen MR) is 84.1 cm³/mol. The van der Waals surface area contributed by atoms with Crippen LogP contribution < -0.4 is 5.32 Å². The van der Waals surface area contributed by atoms with Gasteiger partial charge < -0.3 is 9.84 Å². The number of nitrogens with one attached hydrogen (secondary N) is 2. The van der Waals surface area contributed by atoms with Gasteiger partial charge in [-0.1, -0.05) is 39.3 Å². The third-order valence-electron chi connectivity index (χ3n) is 3.56. The number of aromatic amines is 1. The molecule has 0 aromatic carbocycles. The lowest BCUT2D eigenvalue weighted by Gasteiger charge is -2.19. The number of aromatic nitrogens is 5. The molecule has 2 rings (SSSR count). The van der Waals surface area contributed by atoms with E-state index in [1.165, 1.54) is 6.33 Å². The molecule has 1 amide bonds. The molecule has 126 valence electrons. The first kappa shape index (κ1) is 17.1. The molecule has 8 nitrogen and oxygen atoms in total. The van der Waals surface area contributed by atoms with Crippen LogP contribution in [0.5, 0.6) is 0 Å². The smallest absolute Gasteiger partial charge is 0.249 e. The first-order valence-corrected chi connectivity index (χ1v) is 8.01. The molecule has 0 saturated heterocycles. The van der Waals surface area contributed by atoms with E-state index in [1.54, 1.807) is 0 Å². The molecule has 0 fully saturated rings. The van der Waals surface area contributed by atoms with Crippen LogP contribution in [0.2, 0.25) is 0 Å². The number of amides is 1. The molecule has 2 aromatic heterocycles. The highest BCUT2D eigenvalue weighted by molar-refractivity contribution is 5.78. The summed E-state index contributed by atoms with van der Waals surface area (Å²) in [5, 5.41) is 13.4. The molecule has 0 radical (unpaired) electrons. The van der Waals surface area contributed by atoms with Crippen molar-refractivity contribution in [3.63, 3.8) is 0 Å². The summed E-state index contributed by atoms with van der Waals surface area (Å²) < 4.78 is 5.33. The van der Waals surface area contributed by atoms with E-state index in [2.05, 4.69) is 51.4 Å². The Morgan fingerprint density at radius 2 is 2.17 bits per heavy atom. The quantitative estimate of drug-likeness (QED) is 0.773. The topological polar surface area (TPSA) is 110 Å². The van der Waals surface area contributed by atoms with Crippen LogP contribution in [0.25, 0.3) is 11.6 Å². The standard InChI is InChI=1S/C15H24N6O2/c1-5-6-10(4)14(22)18-11(7-9(2)3)15-19-13(21-23-15)12-16-8-17-20-12/h8-11H,5-7H2,1-4H3,(H,18,22)(H,16,17,20)/t10-,11-/m0/s1. The highest BCUT2D eigenvalue weighted by atomic mass is 16.5. The van der Waals surface area contributed by atoms with Crippen LogP contribution in [0.15, 0.2) is 10.9 Å². The fourth-order valence-electron chi connectivity index (χ4n) is 2.36. The van der Waals surface area contributed by atoms with E-state index < -0.39 is 0 Å². The fraction of sp³-hybridized carbons (Fsp3) is 0.667. The summed E-state index contributed by atoms with van der Waals surface area (Å²) in [5.74, 6) is 1.52. The van der Waals surface area contributed by atoms with Gasteiger partial charge in [-0.2, -0.15) is 10.1 Å². The average Bonchev–Trinajstić information content (AvgIpc) is 3.17. The molecule has 2 heterocycles. The first-order valence-electron chi connectivity index (χ1n) is 8.01. The first-order chi connectivity index (χ1) is 11.0. The van der Waals surface area contributed by atoms with Crippen molar-refractivity contribution in [1.29, 1.82) is 0 Å². The molecule has 0 spiro atoms. The highest BCUT2D eigenvalue weighted by Crippen LogP contribution is 2.22. The third-order valence-corrected chi connectivity index (χ3v) is 3.56. The van der Waals surface area contributed by atoms with Gasteiger partial charge in [-0.3, -0.25) is 9.89 Å². The van der Waals surface area contributed by atoms with Gasteiger partial charge in [0.1, 0.15) is 12.4 Å². The Morgan fingerprint density at radius 1 is 1.39 bits per heavy atom. The molecule has 0 bridgehead atoms. The van der Waals surface area contributed by atoms with Gasteiger partial charge in [0.15, 0.2) is 5.82 Å². The SMILES string of the molecule is CCC[C@H](C)C(=O)N[C@@H](CC(C)C)c1nc(-c2ncn[nH]2)no1. The van der Waals surface area contributed by atoms with Crippen LogP contribution in [0.4, 0.5) is 0 Å². The van der Waals surface area contributed by atoms with Crippen molar-refractivity contribution in [2.75, 3.05) is 0 Å². The van der Waals surface area contributed by atoms with Crippen molar-refractivity contribution in [1.82, 2.24) is 30.6 Å². The zero-order valence-electron chi connectivity index (χ0n) is 14.0. The Hall–Kier alpha value is -2.25. The summed E-state index contributed by atoms with van der Waals surface area (Å²) in [7, 11) is 0. The van der Waals surface area contributed by atoms with Gasteiger partial charge in [-0.25, -0.2) is 4.98 Å². The van der Waals surface area contributed by atoms with Crippen molar-refractivity contribution in [2.45, 2.75) is 53.0 Å². The largest absolute Gasteiger partial charge is 0.344 e. The maximum absolute atomic E-state index is 12.3. The Morgan fingerprint density at radius 3 is 2.78 bits per heavy atom. The Bertz CT molecular complexity index is 607. The molecule has 8 heteroatoms. The minimum Gasteiger partial charge on any atom is -0.344 e. The molecule has 2 atom stereocenters. The second-order valence-corrected chi connectivity index (χ2v) is 6.17. The molecule has 0 unspecified atom stereocenters. The molecule has 2 N–H and O–H groups in total. The molecule has 0 saturated carbocycles. The van der Waals surface area contributed by atoms with Crippen LogP contribution in [0, 0.1) is 11.8 Å². The third kappa shape index (κ3) is 4.61. The Balaban J connectivity index is 2.13. The van der Waals surface area contributed by atoms with E-state index >= 15 is 0 Å². The van der Waals surface area contributed by atoms with Crippen LogP contribution in [0.1, 0.15) is 58.9 Å². The van der Waals surface area contributed by atoms with Gasteiger partial charge in [0, 0.05) is 5.92 Å². The van der Waals surface area contributed by atoms with Crippen LogP contribution in [-0.2, 0) is 4.79 Å². The van der Waals surface area contributed by atoms with Gasteiger partial charge >= 0.3 is 0 Å². The maximum atomic E-state index is 12.3. The maximum Gasteiger partial charge on any atom is 0.249 e. The van der Waals surface area contributed by atoms with Crippen molar-refractivity contribution >= 4 is 5.91 Å². The van der Waals surface area contributed by atoms with E-state index in [0.29, 0.717) is 23.5 Å². The van der Waals surface area contributed by atoms with Gasteiger partial charge in [0.25, 0.3) is 0 Å². The lowest BCUT2D eigenvalue weighted by Crippen LogP contribution is -2.33. The number of carbonyl (C=O) groups excluding carboxylic acids is 1. The number of carbonyl (C=O) groups is 1. The lowest BCUT2D eigenvalue weighted by molar-refractivity contribution is -0.125. The normalized spacial score (nSPS) is 14.0. The molecule has 0 aliphatic heterocycles. The summed E-state index contributed by atoms with van der Waals surface area (Å²) in [5.41, 5.74) is 0. The zero-order chi connectivity index (χ0) is 16.8. The number of rotatable bonds is 8. The summed E-state index contributed by atoms with van der Waals surface area (Å²) in [4.78, 5) is 20.6. The zero-order valence-corrected chi connectivity index (χ0v) is 14.0. The molecule has 0 aliphatic carbocycles. The average molecular weight is 320 g/mol. The molecular formula is C15H24N6O2. The molecule has 23 heavy (non-hydrogen) atoms. The molecule has 2 aromatic rings. The Kier molecular flexibility index (Phi) is 5.84. The van der Waals surface area contributed by atoms with Crippen molar-refractivity contribution < 1.29 is 9.32 Å². The fourth-order valence-corrected chi connectivity index (χ4v) is 2.36. The van der Waals surface area contributed by atoms with Gasteiger partial charge in [-0.15, -0.1) is 0 Å². The number of H-pyrrole nitrogens is 1. The summed E-state index contributed by atoms with van der Waals surface area (Å²) in [6.07, 6.45) is 3.93. The molecular weight excluding hydrogens is 296 g/mol. The highest BCUT2D eigenvalue weighted by Gasteiger charge is 2.25. The number of nitrogens with zero attached hydrogens (tertiary/aromatic N) is 4. The second kappa shape index (κ2) is 7.85. The summed E-state index contributed by atoms with van der Waals surface area (Å²) >= 11 is 0. The second-order valence-electron chi connectivity index (χ2n) is 6.17. The summed E-state index contributed by atoms with van der Waals surface area (Å²) in [6, 6.07) is -0.300. The van der Waals surface area contributed by atoms with E-state index in [4.69, 9.17) is 4.52 Å². The monoisotopic (exact) mass is 320 g/mol. The van der Waals surface area contributed by atoms with Crippen molar-refractivity contribution in [2.24, 2.45) is 11.8 Å². The minimum absolute atomic E-state index is 0.0110. The Labute approximate surface area is 135 Å². The van der Waals surface area contributed by atoms with Crippen molar-refractivity contribution in [3.8, 4) is 11.6 Å². The lowest BCUT2D eigenvalue weighted by atomic mass is 10.0.